The molecule has 2 aromatic heterocycles. The number of rotatable bonds is 7. The van der Waals surface area contributed by atoms with Crippen LogP contribution in [0.4, 0.5) is 21.8 Å². The molecule has 3 N–H and O–H groups in total. The van der Waals surface area contributed by atoms with E-state index in [1.807, 2.05) is 7.05 Å². The number of nitrogens with zero attached hydrogens (tertiary/aromatic N) is 4. The van der Waals surface area contributed by atoms with E-state index in [1.54, 1.807) is 23.1 Å². The van der Waals surface area contributed by atoms with Crippen LogP contribution in [0.5, 0.6) is 5.75 Å². The van der Waals surface area contributed by atoms with Crippen LogP contribution >= 0.6 is 0 Å². The minimum absolute atomic E-state index is 0. The van der Waals surface area contributed by atoms with Crippen LogP contribution in [0.25, 0.3) is 0 Å². The summed E-state index contributed by atoms with van der Waals surface area (Å²) in [4.78, 5) is 8.56. The van der Waals surface area contributed by atoms with E-state index in [0.29, 0.717) is 35.2 Å². The van der Waals surface area contributed by atoms with Crippen LogP contribution in [0.1, 0.15) is 12.6 Å². The lowest BCUT2D eigenvalue weighted by molar-refractivity contribution is 0.410. The van der Waals surface area contributed by atoms with Gasteiger partial charge in [-0.05, 0) is 17.7 Å². The monoisotopic (exact) mass is 357 g/mol. The van der Waals surface area contributed by atoms with Gasteiger partial charge in [0.25, 0.3) is 0 Å². The molecule has 0 bridgehead atoms. The molecule has 9 heteroatoms. The third kappa shape index (κ3) is 4.12. The molecule has 1 aromatic carbocycles. The maximum atomic E-state index is 13.6. The molecule has 0 aliphatic carbocycles. The lowest BCUT2D eigenvalue weighted by Crippen LogP contribution is -2.08. The van der Waals surface area contributed by atoms with E-state index >= 15 is 0 Å². The summed E-state index contributed by atoms with van der Waals surface area (Å²) in [5, 5.41) is 17.7. The zero-order valence-electron chi connectivity index (χ0n) is 14.3. The van der Waals surface area contributed by atoms with Crippen molar-refractivity contribution in [2.75, 3.05) is 17.7 Å². The number of hydrogen-bond acceptors (Lipinski definition) is 7. The molecule has 26 heavy (non-hydrogen) atoms. The van der Waals surface area contributed by atoms with E-state index in [0.717, 1.165) is 11.9 Å². The third-order valence-electron chi connectivity index (χ3n) is 3.56. The number of halogens is 1. The summed E-state index contributed by atoms with van der Waals surface area (Å²) in [7, 11) is 3.30. The average Bonchev–Trinajstić information content (AvgIpc) is 3.04. The molecule has 136 valence electrons. The quantitative estimate of drug-likeness (QED) is 0.562. The number of methoxy groups -OCH3 is 1. The third-order valence-corrected chi connectivity index (χ3v) is 3.56. The Morgan fingerprint density at radius 1 is 1.35 bits per heavy atom. The Hall–Kier alpha value is -3.49. The molecular weight excluding hydrogens is 337 g/mol. The topological polar surface area (TPSA) is 101 Å². The largest absolute Gasteiger partial charge is 0.497 e. The first kappa shape index (κ1) is 17.3. The van der Waals surface area contributed by atoms with E-state index in [2.05, 4.69) is 25.7 Å². The molecule has 0 saturated heterocycles. The highest BCUT2D eigenvalue weighted by Gasteiger charge is 2.08. The van der Waals surface area contributed by atoms with Crippen LogP contribution in [0.2, 0.25) is 0 Å². The normalized spacial score (nSPS) is 10.4. The lowest BCUT2D eigenvalue weighted by atomic mass is 10.2. The van der Waals surface area contributed by atoms with Crippen LogP contribution in [-0.2, 0) is 13.6 Å². The molecule has 2 heterocycles. The molecule has 0 aliphatic rings. The predicted molar refractivity (Wildman–Crippen MR) is 98.8 cm³/mol. The first-order valence-corrected chi connectivity index (χ1v) is 7.78. The first-order chi connectivity index (χ1) is 12.6. The molecule has 0 aliphatic heterocycles. The van der Waals surface area contributed by atoms with Crippen molar-refractivity contribution in [3.05, 3.63) is 53.7 Å². The van der Waals surface area contributed by atoms with Gasteiger partial charge in [-0.3, -0.25) is 4.68 Å². The van der Waals surface area contributed by atoms with Gasteiger partial charge in [-0.15, -0.1) is 0 Å². The Labute approximate surface area is 151 Å². The second-order valence-electron chi connectivity index (χ2n) is 5.52. The Balaban J connectivity index is 0.00000261. The molecular formula is C17H20FN7O. The second-order valence-corrected chi connectivity index (χ2v) is 5.52. The van der Waals surface area contributed by atoms with Crippen LogP contribution in [0, 0.1) is 11.2 Å². The van der Waals surface area contributed by atoms with Gasteiger partial charge in [0, 0.05) is 39.7 Å². The maximum absolute atomic E-state index is 13.6. The van der Waals surface area contributed by atoms with Crippen LogP contribution < -0.4 is 15.4 Å². The standard InChI is InChI=1S/C17H18FN7O.H2/c1-25-10-14(9-22-25)23-17-21-8-12(6-19)16(24-17)20-7-11-3-13(18)5-15(4-11)26-2;/h3-6,8-10,19H,7H2,1-2H3,(H2,20,21,23,24);1H. The van der Waals surface area contributed by atoms with Gasteiger partial charge in [-0.1, -0.05) is 0 Å². The predicted octanol–water partition coefficient (Wildman–Crippen LogP) is 2.96. The minimum Gasteiger partial charge on any atom is -0.497 e. The first-order valence-electron chi connectivity index (χ1n) is 7.78. The van der Waals surface area contributed by atoms with Gasteiger partial charge in [0.05, 0.1) is 24.6 Å². The van der Waals surface area contributed by atoms with Crippen molar-refractivity contribution in [3.63, 3.8) is 0 Å². The number of ether oxygens (including phenoxy) is 1. The van der Waals surface area contributed by atoms with Gasteiger partial charge in [0.15, 0.2) is 0 Å². The van der Waals surface area contributed by atoms with Crippen molar-refractivity contribution in [2.24, 2.45) is 7.05 Å². The average molecular weight is 357 g/mol. The van der Waals surface area contributed by atoms with Gasteiger partial charge in [-0.2, -0.15) is 10.1 Å². The molecule has 0 unspecified atom stereocenters. The fourth-order valence-electron chi connectivity index (χ4n) is 2.34. The highest BCUT2D eigenvalue weighted by Crippen LogP contribution is 2.19. The van der Waals surface area contributed by atoms with Gasteiger partial charge in [-0.25, -0.2) is 9.37 Å². The number of benzene rings is 1. The smallest absolute Gasteiger partial charge is 0.229 e. The number of aryl methyl sites for hydroxylation is 1. The number of aromatic nitrogens is 4. The molecule has 0 spiro atoms. The Bertz CT molecular complexity index is 931. The summed E-state index contributed by atoms with van der Waals surface area (Å²) in [6, 6.07) is 4.46. The summed E-state index contributed by atoms with van der Waals surface area (Å²) < 4.78 is 20.3. The fraction of sp³-hybridized carbons (Fsp3) is 0.176. The van der Waals surface area contributed by atoms with Crippen LogP contribution in [0.3, 0.4) is 0 Å². The number of anilines is 3. The van der Waals surface area contributed by atoms with Crippen molar-refractivity contribution in [1.82, 2.24) is 19.7 Å². The zero-order valence-corrected chi connectivity index (χ0v) is 14.3. The number of nitrogens with one attached hydrogen (secondary N) is 3. The molecule has 0 fully saturated rings. The van der Waals surface area contributed by atoms with E-state index in [-0.39, 0.29) is 7.24 Å². The molecule has 3 rings (SSSR count). The summed E-state index contributed by atoms with van der Waals surface area (Å²) in [5.41, 5.74) is 1.96. The Kier molecular flexibility index (Phi) is 5.07. The van der Waals surface area contributed by atoms with Crippen molar-refractivity contribution < 1.29 is 10.6 Å². The highest BCUT2D eigenvalue weighted by molar-refractivity contribution is 5.84. The van der Waals surface area contributed by atoms with E-state index in [1.165, 1.54) is 25.4 Å². The van der Waals surface area contributed by atoms with E-state index < -0.39 is 0 Å². The molecule has 0 amide bonds. The second kappa shape index (κ2) is 7.60. The summed E-state index contributed by atoms with van der Waals surface area (Å²) in [6.45, 7) is 0.318. The molecule has 8 nitrogen and oxygen atoms in total. The zero-order chi connectivity index (χ0) is 18.5. The van der Waals surface area contributed by atoms with E-state index in [9.17, 15) is 4.39 Å². The van der Waals surface area contributed by atoms with Crippen molar-refractivity contribution in [2.45, 2.75) is 6.54 Å². The summed E-state index contributed by atoms with van der Waals surface area (Å²) in [6.07, 6.45) is 6.13. The Morgan fingerprint density at radius 2 is 2.19 bits per heavy atom. The number of hydrogen-bond donors (Lipinski definition) is 3. The molecule has 3 aromatic rings. The molecule has 0 radical (unpaired) electrons. The molecule has 0 saturated carbocycles. The van der Waals surface area contributed by atoms with Crippen LogP contribution in [-0.4, -0.2) is 33.1 Å². The van der Waals surface area contributed by atoms with Crippen molar-refractivity contribution in [3.8, 4) is 5.75 Å². The van der Waals surface area contributed by atoms with Crippen molar-refractivity contribution in [1.29, 1.82) is 5.41 Å². The van der Waals surface area contributed by atoms with Gasteiger partial charge in [0.1, 0.15) is 17.4 Å². The van der Waals surface area contributed by atoms with Crippen molar-refractivity contribution >= 4 is 23.7 Å². The fourth-order valence-corrected chi connectivity index (χ4v) is 2.34. The summed E-state index contributed by atoms with van der Waals surface area (Å²) in [5.74, 6) is 0.887. The highest BCUT2D eigenvalue weighted by atomic mass is 19.1. The lowest BCUT2D eigenvalue weighted by Gasteiger charge is -2.11. The SMILES string of the molecule is COc1cc(F)cc(CNc2nc(Nc3cnn(C)c3)ncc2C=N)c1.[HH]. The van der Waals surface area contributed by atoms with E-state index in [4.69, 9.17) is 10.1 Å². The maximum Gasteiger partial charge on any atom is 0.229 e. The summed E-state index contributed by atoms with van der Waals surface area (Å²) >= 11 is 0. The Morgan fingerprint density at radius 3 is 2.88 bits per heavy atom. The van der Waals surface area contributed by atoms with Gasteiger partial charge in [0.2, 0.25) is 5.95 Å². The minimum atomic E-state index is -0.380. The molecule has 0 atom stereocenters. The van der Waals surface area contributed by atoms with Gasteiger partial charge < -0.3 is 20.8 Å². The van der Waals surface area contributed by atoms with Gasteiger partial charge >= 0.3 is 0 Å². The van der Waals surface area contributed by atoms with Crippen LogP contribution in [0.15, 0.2) is 36.8 Å².